The molecule has 1 aliphatic heterocycles. The van der Waals surface area contributed by atoms with Crippen molar-refractivity contribution in [2.45, 2.75) is 13.3 Å². The fourth-order valence-corrected chi connectivity index (χ4v) is 3.01. The molecule has 2 heterocycles. The van der Waals surface area contributed by atoms with E-state index in [0.717, 1.165) is 42.4 Å². The Morgan fingerprint density at radius 1 is 1.08 bits per heavy atom. The lowest BCUT2D eigenvalue weighted by atomic mass is 10.1. The molecule has 1 N–H and O–H groups in total. The van der Waals surface area contributed by atoms with Gasteiger partial charge < -0.3 is 20.0 Å². The number of anilines is 3. The molecule has 1 aromatic carbocycles. The number of benzene rings is 1. The maximum Gasteiger partial charge on any atom is 0.321 e. The van der Waals surface area contributed by atoms with Crippen LogP contribution in [0.5, 0.6) is 0 Å². The van der Waals surface area contributed by atoms with E-state index in [1.165, 1.54) is 0 Å². The zero-order chi connectivity index (χ0) is 18.5. The number of nitrogens with one attached hydrogen (secondary N) is 1. The lowest BCUT2D eigenvalue weighted by Crippen LogP contribution is -2.50. The van der Waals surface area contributed by atoms with Crippen LogP contribution in [0.3, 0.4) is 0 Å². The molecule has 7 nitrogen and oxygen atoms in total. The lowest BCUT2D eigenvalue weighted by molar-refractivity contribution is 0.208. The molecule has 1 aliphatic rings. The van der Waals surface area contributed by atoms with Crippen molar-refractivity contribution >= 4 is 23.4 Å². The van der Waals surface area contributed by atoms with Crippen LogP contribution in [0, 0.1) is 0 Å². The van der Waals surface area contributed by atoms with Gasteiger partial charge in [-0.2, -0.15) is 0 Å². The third-order valence-electron chi connectivity index (χ3n) is 4.63. The van der Waals surface area contributed by atoms with Crippen LogP contribution >= 0.6 is 0 Å². The zero-order valence-electron chi connectivity index (χ0n) is 15.6. The second-order valence-electron chi connectivity index (χ2n) is 6.56. The van der Waals surface area contributed by atoms with Crippen LogP contribution in [0.25, 0.3) is 0 Å². The van der Waals surface area contributed by atoms with E-state index in [2.05, 4.69) is 27.3 Å². The number of aryl methyl sites for hydroxylation is 1. The number of hydrogen-bond acceptors (Lipinski definition) is 5. The molecule has 0 radical (unpaired) electrons. The largest absolute Gasteiger partial charge is 0.361 e. The summed E-state index contributed by atoms with van der Waals surface area (Å²) >= 11 is 0. The van der Waals surface area contributed by atoms with Crippen LogP contribution in [0.1, 0.15) is 12.5 Å². The van der Waals surface area contributed by atoms with Crippen molar-refractivity contribution in [2.75, 3.05) is 55.4 Å². The van der Waals surface area contributed by atoms with E-state index in [4.69, 9.17) is 0 Å². The fraction of sp³-hybridized carbons (Fsp3) is 0.421. The number of para-hydroxylation sites is 1. The van der Waals surface area contributed by atoms with Crippen LogP contribution in [-0.2, 0) is 6.42 Å². The van der Waals surface area contributed by atoms with E-state index in [0.29, 0.717) is 13.1 Å². The number of carbonyl (C=O) groups is 1. The van der Waals surface area contributed by atoms with Gasteiger partial charge in [0.05, 0.1) is 0 Å². The van der Waals surface area contributed by atoms with Gasteiger partial charge in [0.25, 0.3) is 0 Å². The van der Waals surface area contributed by atoms with E-state index in [9.17, 15) is 4.79 Å². The summed E-state index contributed by atoms with van der Waals surface area (Å²) in [5.41, 5.74) is 2.04. The number of aromatic nitrogens is 2. The molecule has 0 aliphatic carbocycles. The van der Waals surface area contributed by atoms with Crippen molar-refractivity contribution < 1.29 is 4.79 Å². The van der Waals surface area contributed by atoms with Crippen LogP contribution in [0.15, 0.2) is 36.4 Å². The first-order chi connectivity index (χ1) is 12.6. The monoisotopic (exact) mass is 354 g/mol. The number of rotatable bonds is 4. The van der Waals surface area contributed by atoms with E-state index < -0.39 is 0 Å². The third-order valence-corrected chi connectivity index (χ3v) is 4.63. The summed E-state index contributed by atoms with van der Waals surface area (Å²) in [5, 5.41) is 11.6. The summed E-state index contributed by atoms with van der Waals surface area (Å²) in [6.45, 7) is 4.92. The first kappa shape index (κ1) is 18.0. The second-order valence-corrected chi connectivity index (χ2v) is 6.56. The van der Waals surface area contributed by atoms with Crippen molar-refractivity contribution in [3.8, 4) is 0 Å². The summed E-state index contributed by atoms with van der Waals surface area (Å²) < 4.78 is 0. The summed E-state index contributed by atoms with van der Waals surface area (Å²) in [6.07, 6.45) is 0.895. The quantitative estimate of drug-likeness (QED) is 0.914. The molecule has 0 bridgehead atoms. The zero-order valence-corrected chi connectivity index (χ0v) is 15.6. The molecule has 0 atom stereocenters. The fourth-order valence-electron chi connectivity index (χ4n) is 3.01. The van der Waals surface area contributed by atoms with E-state index >= 15 is 0 Å². The number of amides is 2. The molecular formula is C19H26N6O. The maximum atomic E-state index is 12.6. The van der Waals surface area contributed by atoms with Gasteiger partial charge in [-0.3, -0.25) is 0 Å². The van der Waals surface area contributed by atoms with E-state index in [-0.39, 0.29) is 6.03 Å². The maximum absolute atomic E-state index is 12.6. The molecule has 0 saturated carbocycles. The summed E-state index contributed by atoms with van der Waals surface area (Å²) in [4.78, 5) is 18.5. The summed E-state index contributed by atoms with van der Waals surface area (Å²) in [6, 6.07) is 11.8. The van der Waals surface area contributed by atoms with Gasteiger partial charge in [-0.15, -0.1) is 10.2 Å². The molecule has 0 spiro atoms. The van der Waals surface area contributed by atoms with Gasteiger partial charge in [-0.05, 0) is 30.2 Å². The topological polar surface area (TPSA) is 64.6 Å². The number of piperazine rings is 1. The summed E-state index contributed by atoms with van der Waals surface area (Å²) in [7, 11) is 3.88. The summed E-state index contributed by atoms with van der Waals surface area (Å²) in [5.74, 6) is 1.69. The Morgan fingerprint density at radius 3 is 2.42 bits per heavy atom. The number of nitrogens with zero attached hydrogens (tertiary/aromatic N) is 5. The molecule has 2 amide bonds. The average Bonchev–Trinajstić information content (AvgIpc) is 2.68. The van der Waals surface area contributed by atoms with Gasteiger partial charge in [0.15, 0.2) is 11.6 Å². The molecule has 7 heteroatoms. The minimum Gasteiger partial charge on any atom is -0.361 e. The first-order valence-electron chi connectivity index (χ1n) is 8.98. The highest BCUT2D eigenvalue weighted by Crippen LogP contribution is 2.18. The highest BCUT2D eigenvalue weighted by molar-refractivity contribution is 5.90. The van der Waals surface area contributed by atoms with Crippen LogP contribution in [0.2, 0.25) is 0 Å². The van der Waals surface area contributed by atoms with Crippen LogP contribution in [-0.4, -0.2) is 61.4 Å². The Kier molecular flexibility index (Phi) is 5.55. The van der Waals surface area contributed by atoms with Gasteiger partial charge in [0, 0.05) is 46.0 Å². The highest BCUT2D eigenvalue weighted by atomic mass is 16.2. The average molecular weight is 354 g/mol. The number of hydrogen-bond donors (Lipinski definition) is 1. The Morgan fingerprint density at radius 2 is 1.81 bits per heavy atom. The number of urea groups is 1. The standard InChI is InChI=1S/C19H26N6O/c1-4-15-7-5-6-8-16(15)20-19(26)25-13-11-24(12-14-25)18-10-9-17(21-22-18)23(2)3/h5-10H,4,11-14H2,1-3H3,(H,20,26). The predicted octanol–water partition coefficient (Wildman–Crippen LogP) is 2.46. The molecule has 3 rings (SSSR count). The van der Waals surface area contributed by atoms with Gasteiger partial charge in [0.1, 0.15) is 0 Å². The Bertz CT molecular complexity index is 738. The van der Waals surface area contributed by atoms with Crippen LogP contribution in [0.4, 0.5) is 22.1 Å². The predicted molar refractivity (Wildman–Crippen MR) is 105 cm³/mol. The van der Waals surface area contributed by atoms with E-state index in [1.807, 2.05) is 60.3 Å². The normalized spacial score (nSPS) is 14.3. The van der Waals surface area contributed by atoms with Gasteiger partial charge in [-0.25, -0.2) is 4.79 Å². The Balaban J connectivity index is 1.57. The Labute approximate surface area is 154 Å². The Hall–Kier alpha value is -2.83. The lowest BCUT2D eigenvalue weighted by Gasteiger charge is -2.35. The number of carbonyl (C=O) groups excluding carboxylic acids is 1. The molecule has 2 aromatic rings. The van der Waals surface area contributed by atoms with E-state index in [1.54, 1.807) is 0 Å². The molecule has 1 aromatic heterocycles. The van der Waals surface area contributed by atoms with Gasteiger partial charge >= 0.3 is 6.03 Å². The molecule has 26 heavy (non-hydrogen) atoms. The van der Waals surface area contributed by atoms with Crippen molar-refractivity contribution in [2.24, 2.45) is 0 Å². The van der Waals surface area contributed by atoms with Gasteiger partial charge in [0.2, 0.25) is 0 Å². The van der Waals surface area contributed by atoms with Gasteiger partial charge in [-0.1, -0.05) is 25.1 Å². The molecule has 138 valence electrons. The molecule has 0 unspecified atom stereocenters. The third kappa shape index (κ3) is 4.04. The van der Waals surface area contributed by atoms with Crippen molar-refractivity contribution in [3.63, 3.8) is 0 Å². The minimum absolute atomic E-state index is 0.0420. The molecule has 1 fully saturated rings. The van der Waals surface area contributed by atoms with Crippen molar-refractivity contribution in [3.05, 3.63) is 42.0 Å². The second kappa shape index (κ2) is 8.03. The SMILES string of the molecule is CCc1ccccc1NC(=O)N1CCN(c2ccc(N(C)C)nn2)CC1. The van der Waals surface area contributed by atoms with Crippen molar-refractivity contribution in [1.29, 1.82) is 0 Å². The molecular weight excluding hydrogens is 328 g/mol. The smallest absolute Gasteiger partial charge is 0.321 e. The highest BCUT2D eigenvalue weighted by Gasteiger charge is 2.22. The minimum atomic E-state index is -0.0420. The first-order valence-corrected chi connectivity index (χ1v) is 8.98. The molecule has 1 saturated heterocycles. The van der Waals surface area contributed by atoms with Crippen molar-refractivity contribution in [1.82, 2.24) is 15.1 Å². The van der Waals surface area contributed by atoms with Crippen LogP contribution < -0.4 is 15.1 Å².